The van der Waals surface area contributed by atoms with E-state index in [-0.39, 0.29) is 22.2 Å². The normalized spacial score (nSPS) is 16.1. The number of rotatable bonds is 5. The molecule has 3 aromatic rings. The molecule has 166 valence electrons. The first-order valence-electron chi connectivity index (χ1n) is 9.37. The Balaban J connectivity index is 1.62. The van der Waals surface area contributed by atoms with E-state index in [0.717, 1.165) is 11.8 Å². The largest absolute Gasteiger partial charge is 0.478 e. The van der Waals surface area contributed by atoms with Gasteiger partial charge < -0.3 is 9.52 Å². The van der Waals surface area contributed by atoms with Crippen LogP contribution in [0.3, 0.4) is 0 Å². The van der Waals surface area contributed by atoms with Gasteiger partial charge in [-0.3, -0.25) is 19.8 Å². The van der Waals surface area contributed by atoms with Crippen LogP contribution >= 0.6 is 23.4 Å². The molecule has 0 spiro atoms. The second-order valence-electron chi connectivity index (χ2n) is 6.81. The summed E-state index contributed by atoms with van der Waals surface area (Å²) in [7, 11) is 1.55. The van der Waals surface area contributed by atoms with Crippen molar-refractivity contribution in [2.45, 2.75) is 0 Å². The van der Waals surface area contributed by atoms with Gasteiger partial charge in [-0.05, 0) is 48.2 Å². The molecule has 1 aromatic heterocycles. The number of furan rings is 1. The number of para-hydroxylation sites is 1. The Hall–Kier alpha value is -3.89. The molecule has 0 unspecified atom stereocenters. The molecule has 0 bridgehead atoms. The van der Waals surface area contributed by atoms with Gasteiger partial charge in [-0.25, -0.2) is 9.79 Å². The number of carbonyl (C=O) groups excluding carboxylic acids is 1. The van der Waals surface area contributed by atoms with Crippen molar-refractivity contribution < 1.29 is 24.0 Å². The van der Waals surface area contributed by atoms with E-state index in [4.69, 9.17) is 16.0 Å². The first kappa shape index (κ1) is 22.3. The van der Waals surface area contributed by atoms with Crippen molar-refractivity contribution >= 4 is 57.9 Å². The lowest BCUT2D eigenvalue weighted by Crippen LogP contribution is -2.23. The number of amides is 1. The third-order valence-corrected chi connectivity index (χ3v) is 6.06. The monoisotopic (exact) mass is 483 g/mol. The van der Waals surface area contributed by atoms with Gasteiger partial charge in [-0.2, -0.15) is 0 Å². The molecular formula is C22H14ClN3O6S. The first-order chi connectivity index (χ1) is 15.7. The summed E-state index contributed by atoms with van der Waals surface area (Å²) in [6.45, 7) is 0. The number of carbonyl (C=O) groups is 2. The highest BCUT2D eigenvalue weighted by molar-refractivity contribution is 8.18. The zero-order valence-corrected chi connectivity index (χ0v) is 18.5. The van der Waals surface area contributed by atoms with E-state index in [2.05, 4.69) is 4.99 Å². The quantitative estimate of drug-likeness (QED) is 0.291. The number of thioether (sulfide) groups is 1. The van der Waals surface area contributed by atoms with Gasteiger partial charge in [0, 0.05) is 19.2 Å². The van der Waals surface area contributed by atoms with Crippen LogP contribution in [0.1, 0.15) is 16.1 Å². The second kappa shape index (κ2) is 8.93. The number of halogens is 1. The third-order valence-electron chi connectivity index (χ3n) is 4.68. The third kappa shape index (κ3) is 4.52. The van der Waals surface area contributed by atoms with E-state index in [1.165, 1.54) is 29.2 Å². The molecule has 2 aromatic carbocycles. The maximum atomic E-state index is 12.7. The Kier molecular flexibility index (Phi) is 6.03. The molecule has 2 heterocycles. The molecule has 0 radical (unpaired) electrons. The molecule has 0 atom stereocenters. The molecule has 9 nitrogen and oxygen atoms in total. The first-order valence-corrected chi connectivity index (χ1v) is 10.6. The number of aliphatic imine (C=N–C) groups is 1. The van der Waals surface area contributed by atoms with Crippen molar-refractivity contribution in [3.05, 3.63) is 86.0 Å². The van der Waals surface area contributed by atoms with Gasteiger partial charge in [-0.1, -0.05) is 23.7 Å². The fourth-order valence-corrected chi connectivity index (χ4v) is 4.22. The fraction of sp³-hybridized carbons (Fsp3) is 0.0455. The van der Waals surface area contributed by atoms with E-state index in [9.17, 15) is 24.8 Å². The molecular weight excluding hydrogens is 470 g/mol. The number of nitro benzene ring substituents is 1. The summed E-state index contributed by atoms with van der Waals surface area (Å²) in [5.41, 5.74) is 0.477. The molecule has 1 saturated heterocycles. The van der Waals surface area contributed by atoms with Crippen molar-refractivity contribution in [2.75, 3.05) is 7.05 Å². The number of likely N-dealkylation sites (N-methyl/N-ethyl adjacent to an activating group) is 1. The second-order valence-corrected chi connectivity index (χ2v) is 8.23. The van der Waals surface area contributed by atoms with Gasteiger partial charge in [-0.15, -0.1) is 0 Å². The van der Waals surface area contributed by atoms with E-state index in [1.807, 2.05) is 0 Å². The Morgan fingerprint density at radius 3 is 2.73 bits per heavy atom. The minimum Gasteiger partial charge on any atom is -0.478 e. The Bertz CT molecular complexity index is 1360. The smallest absolute Gasteiger partial charge is 0.337 e. The Morgan fingerprint density at radius 1 is 1.24 bits per heavy atom. The van der Waals surface area contributed by atoms with Crippen LogP contribution in [0, 0.1) is 10.1 Å². The van der Waals surface area contributed by atoms with Gasteiger partial charge in [0.25, 0.3) is 11.6 Å². The van der Waals surface area contributed by atoms with Crippen LogP contribution in [0.2, 0.25) is 5.02 Å². The fourth-order valence-electron chi connectivity index (χ4n) is 3.05. The molecule has 11 heteroatoms. The number of amidine groups is 1. The van der Waals surface area contributed by atoms with Crippen LogP contribution < -0.4 is 0 Å². The standard InChI is InChI=1S/C22H14ClN3O6S/c1-25-20(27)19(33-22(25)24-12-6-8-16(23)15(10-12)21(28)29)11-13-7-9-18(32-13)14-4-2-3-5-17(14)26(30)31/h2-11H,1H3,(H,28,29)/b19-11-,24-22?. The predicted octanol–water partition coefficient (Wildman–Crippen LogP) is 5.44. The number of benzene rings is 2. The van der Waals surface area contributed by atoms with Crippen LogP contribution in [-0.2, 0) is 4.79 Å². The van der Waals surface area contributed by atoms with E-state index in [0.29, 0.717) is 32.8 Å². The summed E-state index contributed by atoms with van der Waals surface area (Å²) in [6, 6.07) is 13.7. The summed E-state index contributed by atoms with van der Waals surface area (Å²) in [6.07, 6.45) is 1.52. The van der Waals surface area contributed by atoms with Crippen LogP contribution in [0.25, 0.3) is 17.4 Å². The van der Waals surface area contributed by atoms with Crippen molar-refractivity contribution in [1.29, 1.82) is 0 Å². The maximum absolute atomic E-state index is 12.7. The van der Waals surface area contributed by atoms with Gasteiger partial charge in [0.05, 0.1) is 31.7 Å². The molecule has 1 aliphatic rings. The molecule has 1 aliphatic heterocycles. The number of hydrogen-bond acceptors (Lipinski definition) is 7. The highest BCUT2D eigenvalue weighted by atomic mass is 35.5. The maximum Gasteiger partial charge on any atom is 0.337 e. The van der Waals surface area contributed by atoms with Crippen molar-refractivity contribution in [3.63, 3.8) is 0 Å². The van der Waals surface area contributed by atoms with Crippen molar-refractivity contribution in [1.82, 2.24) is 4.90 Å². The number of carboxylic acid groups (broad SMARTS) is 1. The van der Waals surface area contributed by atoms with Gasteiger partial charge >= 0.3 is 5.97 Å². The van der Waals surface area contributed by atoms with Gasteiger partial charge in [0.1, 0.15) is 11.5 Å². The number of nitro groups is 1. The zero-order chi connectivity index (χ0) is 23.7. The molecule has 1 fully saturated rings. The van der Waals surface area contributed by atoms with Gasteiger partial charge in [0.2, 0.25) is 0 Å². The van der Waals surface area contributed by atoms with E-state index >= 15 is 0 Å². The van der Waals surface area contributed by atoms with Crippen molar-refractivity contribution in [3.8, 4) is 11.3 Å². The topological polar surface area (TPSA) is 126 Å². The average Bonchev–Trinajstić information content (AvgIpc) is 3.35. The summed E-state index contributed by atoms with van der Waals surface area (Å²) in [5.74, 6) is -0.865. The number of carboxylic acids is 1. The lowest BCUT2D eigenvalue weighted by molar-refractivity contribution is -0.384. The lowest BCUT2D eigenvalue weighted by atomic mass is 10.1. The van der Waals surface area contributed by atoms with E-state index < -0.39 is 10.9 Å². The molecule has 33 heavy (non-hydrogen) atoms. The summed E-state index contributed by atoms with van der Waals surface area (Å²) < 4.78 is 5.73. The zero-order valence-electron chi connectivity index (χ0n) is 16.9. The number of aromatic carboxylic acids is 1. The van der Waals surface area contributed by atoms with Crippen LogP contribution in [-0.4, -0.2) is 39.0 Å². The average molecular weight is 484 g/mol. The predicted molar refractivity (Wildman–Crippen MR) is 125 cm³/mol. The summed E-state index contributed by atoms with van der Waals surface area (Å²) in [4.78, 5) is 40.8. The van der Waals surface area contributed by atoms with Crippen LogP contribution in [0.5, 0.6) is 0 Å². The van der Waals surface area contributed by atoms with Crippen molar-refractivity contribution in [2.24, 2.45) is 4.99 Å². The molecule has 1 amide bonds. The van der Waals surface area contributed by atoms with E-state index in [1.54, 1.807) is 43.4 Å². The molecule has 4 rings (SSSR count). The molecule has 0 aliphatic carbocycles. The Morgan fingerprint density at radius 2 is 2.00 bits per heavy atom. The highest BCUT2D eigenvalue weighted by Crippen LogP contribution is 2.36. The number of hydrogen-bond donors (Lipinski definition) is 1. The molecule has 0 saturated carbocycles. The SMILES string of the molecule is CN1C(=O)/C(=C/c2ccc(-c3ccccc3[N+](=O)[O-])o2)SC1=Nc1ccc(Cl)c(C(=O)O)c1. The minimum atomic E-state index is -1.18. The van der Waals surface area contributed by atoms with Gasteiger partial charge in [0.15, 0.2) is 5.17 Å². The molecule has 1 N–H and O–H groups in total. The number of nitrogens with zero attached hydrogens (tertiary/aromatic N) is 3. The minimum absolute atomic E-state index is 0.0859. The highest BCUT2D eigenvalue weighted by Gasteiger charge is 2.31. The lowest BCUT2D eigenvalue weighted by Gasteiger charge is -2.07. The van der Waals surface area contributed by atoms with Crippen LogP contribution in [0.15, 0.2) is 68.9 Å². The Labute approximate surface area is 196 Å². The summed E-state index contributed by atoms with van der Waals surface area (Å²) in [5, 5.41) is 20.9. The summed E-state index contributed by atoms with van der Waals surface area (Å²) >= 11 is 6.98. The van der Waals surface area contributed by atoms with Crippen LogP contribution in [0.4, 0.5) is 11.4 Å².